The summed E-state index contributed by atoms with van der Waals surface area (Å²) in [6.45, 7) is 0. The highest BCUT2D eigenvalue weighted by Gasteiger charge is 2.19. The van der Waals surface area contributed by atoms with E-state index in [0.29, 0.717) is 26.9 Å². The maximum Gasteiger partial charge on any atom is 0.138 e. The van der Waals surface area contributed by atoms with Crippen molar-refractivity contribution in [1.29, 1.82) is 0 Å². The molecule has 0 amide bonds. The lowest BCUT2D eigenvalue weighted by Gasteiger charge is -2.20. The van der Waals surface area contributed by atoms with E-state index in [-0.39, 0.29) is 0 Å². The number of methoxy groups -OCH3 is 1. The molecule has 112 valence electrons. The lowest BCUT2D eigenvalue weighted by molar-refractivity contribution is 0.414. The first-order valence-corrected chi connectivity index (χ1v) is 6.88. The van der Waals surface area contributed by atoms with Crippen LogP contribution in [0, 0.1) is 11.6 Å². The van der Waals surface area contributed by atoms with Gasteiger partial charge in [0.1, 0.15) is 17.4 Å². The van der Waals surface area contributed by atoms with Crippen LogP contribution in [0.25, 0.3) is 0 Å². The van der Waals surface area contributed by atoms with E-state index in [9.17, 15) is 8.78 Å². The summed E-state index contributed by atoms with van der Waals surface area (Å²) in [6.07, 6.45) is 0. The lowest BCUT2D eigenvalue weighted by atomic mass is 9.98. The van der Waals surface area contributed by atoms with Gasteiger partial charge in [-0.2, -0.15) is 0 Å². The van der Waals surface area contributed by atoms with E-state index in [1.807, 2.05) is 0 Å². The van der Waals surface area contributed by atoms with Gasteiger partial charge in [0.05, 0.1) is 18.2 Å². The standard InChI is InChI=1S/C15H13Cl2F2NO/c1-20-15(8-3-9(18)5-10(19)4-8)11-6-13(17)14(21-2)7-12(11)16/h3-7,15,20H,1-2H3. The minimum Gasteiger partial charge on any atom is -0.495 e. The number of benzene rings is 2. The molecule has 0 aliphatic rings. The molecule has 0 bridgehead atoms. The molecule has 0 spiro atoms. The summed E-state index contributed by atoms with van der Waals surface area (Å²) in [5, 5.41) is 3.74. The van der Waals surface area contributed by atoms with Crippen molar-refractivity contribution in [2.24, 2.45) is 0 Å². The average molecular weight is 332 g/mol. The van der Waals surface area contributed by atoms with Crippen molar-refractivity contribution < 1.29 is 13.5 Å². The second-order valence-corrected chi connectivity index (χ2v) is 5.25. The van der Waals surface area contributed by atoms with E-state index in [4.69, 9.17) is 27.9 Å². The van der Waals surface area contributed by atoms with E-state index >= 15 is 0 Å². The Morgan fingerprint density at radius 3 is 2.14 bits per heavy atom. The Morgan fingerprint density at radius 1 is 1.00 bits per heavy atom. The zero-order chi connectivity index (χ0) is 15.6. The molecule has 2 aromatic carbocycles. The molecule has 0 heterocycles. The minimum atomic E-state index is -0.652. The third kappa shape index (κ3) is 3.46. The molecule has 0 aliphatic carbocycles. The van der Waals surface area contributed by atoms with Crippen LogP contribution in [-0.2, 0) is 0 Å². The van der Waals surface area contributed by atoms with Gasteiger partial charge in [0.15, 0.2) is 0 Å². The van der Waals surface area contributed by atoms with Crippen molar-refractivity contribution >= 4 is 23.2 Å². The largest absolute Gasteiger partial charge is 0.495 e. The molecule has 2 aromatic rings. The molecule has 2 rings (SSSR count). The van der Waals surface area contributed by atoms with Crippen molar-refractivity contribution in [3.63, 3.8) is 0 Å². The minimum absolute atomic E-state index is 0.369. The van der Waals surface area contributed by atoms with Crippen LogP contribution in [0.3, 0.4) is 0 Å². The van der Waals surface area contributed by atoms with Gasteiger partial charge in [0.2, 0.25) is 0 Å². The molecule has 0 saturated heterocycles. The molecule has 0 saturated carbocycles. The van der Waals surface area contributed by atoms with Crippen molar-refractivity contribution in [2.75, 3.05) is 14.2 Å². The SMILES string of the molecule is CNC(c1cc(F)cc(F)c1)c1cc(Cl)c(OC)cc1Cl. The van der Waals surface area contributed by atoms with Crippen LogP contribution >= 0.6 is 23.2 Å². The van der Waals surface area contributed by atoms with Crippen LogP contribution in [0.1, 0.15) is 17.2 Å². The molecule has 0 fully saturated rings. The van der Waals surface area contributed by atoms with E-state index in [1.54, 1.807) is 19.2 Å². The Morgan fingerprint density at radius 2 is 1.62 bits per heavy atom. The molecule has 1 atom stereocenters. The number of ether oxygens (including phenoxy) is 1. The number of halogens is 4. The fourth-order valence-electron chi connectivity index (χ4n) is 2.17. The predicted octanol–water partition coefficient (Wildman–Crippen LogP) is 4.59. The Balaban J connectivity index is 2.53. The number of hydrogen-bond acceptors (Lipinski definition) is 2. The maximum atomic E-state index is 13.4. The van der Waals surface area contributed by atoms with Gasteiger partial charge in [-0.15, -0.1) is 0 Å². The fraction of sp³-hybridized carbons (Fsp3) is 0.200. The van der Waals surface area contributed by atoms with Gasteiger partial charge in [-0.25, -0.2) is 8.78 Å². The first kappa shape index (κ1) is 16.0. The van der Waals surface area contributed by atoms with E-state index in [2.05, 4.69) is 5.32 Å². The maximum absolute atomic E-state index is 13.4. The third-order valence-electron chi connectivity index (χ3n) is 3.09. The molecule has 6 heteroatoms. The van der Waals surface area contributed by atoms with Gasteiger partial charge in [0.25, 0.3) is 0 Å². The molecule has 2 nitrogen and oxygen atoms in total. The quantitative estimate of drug-likeness (QED) is 0.884. The highest BCUT2D eigenvalue weighted by molar-refractivity contribution is 6.34. The van der Waals surface area contributed by atoms with Gasteiger partial charge < -0.3 is 10.1 Å². The van der Waals surface area contributed by atoms with Crippen LogP contribution < -0.4 is 10.1 Å². The van der Waals surface area contributed by atoms with Gasteiger partial charge in [-0.1, -0.05) is 23.2 Å². The first-order valence-electron chi connectivity index (χ1n) is 6.12. The summed E-state index contributed by atoms with van der Waals surface area (Å²) >= 11 is 12.3. The third-order valence-corrected chi connectivity index (χ3v) is 3.71. The second-order valence-electron chi connectivity index (χ2n) is 4.43. The summed E-state index contributed by atoms with van der Waals surface area (Å²) in [4.78, 5) is 0. The molecule has 0 radical (unpaired) electrons. The van der Waals surface area contributed by atoms with E-state index in [1.165, 1.54) is 19.2 Å². The van der Waals surface area contributed by atoms with Crippen LogP contribution in [0.2, 0.25) is 10.0 Å². The van der Waals surface area contributed by atoms with Crippen molar-refractivity contribution in [2.45, 2.75) is 6.04 Å². The van der Waals surface area contributed by atoms with E-state index < -0.39 is 17.7 Å². The zero-order valence-electron chi connectivity index (χ0n) is 11.4. The van der Waals surface area contributed by atoms with Gasteiger partial charge in [-0.3, -0.25) is 0 Å². The second kappa shape index (κ2) is 6.60. The summed E-state index contributed by atoms with van der Waals surface area (Å²) < 4.78 is 31.9. The molecule has 1 N–H and O–H groups in total. The first-order chi connectivity index (χ1) is 9.96. The Hall–Kier alpha value is -1.36. The Bertz CT molecular complexity index is 644. The highest BCUT2D eigenvalue weighted by Crippen LogP contribution is 2.36. The molecule has 1 unspecified atom stereocenters. The number of hydrogen-bond donors (Lipinski definition) is 1. The molecular weight excluding hydrogens is 319 g/mol. The Labute approximate surface area is 131 Å². The lowest BCUT2D eigenvalue weighted by Crippen LogP contribution is -2.18. The number of nitrogens with one attached hydrogen (secondary N) is 1. The monoisotopic (exact) mass is 331 g/mol. The predicted molar refractivity (Wildman–Crippen MR) is 80.3 cm³/mol. The van der Waals surface area contributed by atoms with Crippen molar-refractivity contribution in [3.05, 3.63) is 63.1 Å². The number of rotatable bonds is 4. The van der Waals surface area contributed by atoms with Crippen LogP contribution in [-0.4, -0.2) is 14.2 Å². The van der Waals surface area contributed by atoms with Gasteiger partial charge in [0, 0.05) is 17.2 Å². The van der Waals surface area contributed by atoms with Crippen molar-refractivity contribution in [3.8, 4) is 5.75 Å². The molecular formula is C15H13Cl2F2NO. The molecule has 0 aromatic heterocycles. The van der Waals surface area contributed by atoms with Crippen molar-refractivity contribution in [1.82, 2.24) is 5.32 Å². The average Bonchev–Trinajstić information content (AvgIpc) is 2.42. The summed E-state index contributed by atoms with van der Waals surface area (Å²) in [5.41, 5.74) is 1.02. The summed E-state index contributed by atoms with van der Waals surface area (Å²) in [6, 6.07) is 6.01. The van der Waals surface area contributed by atoms with Crippen LogP contribution in [0.15, 0.2) is 30.3 Å². The van der Waals surface area contributed by atoms with Gasteiger partial charge in [-0.05, 0) is 36.4 Å². The molecule has 0 aliphatic heterocycles. The Kier molecular flexibility index (Phi) is 5.04. The van der Waals surface area contributed by atoms with Crippen LogP contribution in [0.5, 0.6) is 5.75 Å². The zero-order valence-corrected chi connectivity index (χ0v) is 12.9. The smallest absolute Gasteiger partial charge is 0.138 e. The van der Waals surface area contributed by atoms with Crippen LogP contribution in [0.4, 0.5) is 8.78 Å². The fourth-order valence-corrected chi connectivity index (χ4v) is 2.68. The normalized spacial score (nSPS) is 12.3. The van der Waals surface area contributed by atoms with Gasteiger partial charge >= 0.3 is 0 Å². The topological polar surface area (TPSA) is 21.3 Å². The summed E-state index contributed by atoms with van der Waals surface area (Å²) in [5.74, 6) is -0.868. The molecule has 21 heavy (non-hydrogen) atoms. The van der Waals surface area contributed by atoms with E-state index in [0.717, 1.165) is 6.07 Å². The summed E-state index contributed by atoms with van der Waals surface area (Å²) in [7, 11) is 3.15. The highest BCUT2D eigenvalue weighted by atomic mass is 35.5.